The second kappa shape index (κ2) is 6.18. The van der Waals surface area contributed by atoms with Crippen molar-refractivity contribution >= 4 is 22.9 Å². The number of halogens is 1. The molecule has 0 aliphatic heterocycles. The highest BCUT2D eigenvalue weighted by atomic mass is 35.5. The molecule has 1 atom stereocenters. The molecule has 96 valence electrons. The van der Waals surface area contributed by atoms with Crippen LogP contribution < -0.4 is 10.5 Å². The number of thiazole rings is 1. The molecule has 0 aliphatic carbocycles. The molecule has 0 saturated carbocycles. The molecular formula is C13H15ClN2OS. The van der Waals surface area contributed by atoms with Crippen LogP contribution in [0.15, 0.2) is 29.8 Å². The van der Waals surface area contributed by atoms with Crippen molar-refractivity contribution in [2.45, 2.75) is 12.3 Å². The average molecular weight is 283 g/mol. The molecule has 2 rings (SSSR count). The first kappa shape index (κ1) is 13.3. The summed E-state index contributed by atoms with van der Waals surface area (Å²) in [6.07, 6.45) is 2.59. The van der Waals surface area contributed by atoms with E-state index >= 15 is 0 Å². The number of hydrogen-bond acceptors (Lipinski definition) is 4. The van der Waals surface area contributed by atoms with E-state index in [-0.39, 0.29) is 5.92 Å². The first-order chi connectivity index (χ1) is 8.74. The number of hydrogen-bond donors (Lipinski definition) is 1. The summed E-state index contributed by atoms with van der Waals surface area (Å²) in [4.78, 5) is 4.33. The van der Waals surface area contributed by atoms with Crippen LogP contribution in [-0.2, 0) is 6.42 Å². The molecule has 0 aliphatic rings. The van der Waals surface area contributed by atoms with Crippen LogP contribution in [0.25, 0.3) is 0 Å². The molecule has 1 unspecified atom stereocenters. The Bertz CT molecular complexity index is 502. The smallest absolute Gasteiger partial charge is 0.122 e. The van der Waals surface area contributed by atoms with Gasteiger partial charge in [0.1, 0.15) is 5.75 Å². The largest absolute Gasteiger partial charge is 0.496 e. The van der Waals surface area contributed by atoms with Crippen molar-refractivity contribution in [1.82, 2.24) is 4.98 Å². The van der Waals surface area contributed by atoms with Gasteiger partial charge >= 0.3 is 0 Å². The summed E-state index contributed by atoms with van der Waals surface area (Å²) in [5, 5.41) is 3.73. The Morgan fingerprint density at radius 3 is 2.94 bits per heavy atom. The van der Waals surface area contributed by atoms with Gasteiger partial charge in [0.15, 0.2) is 0 Å². The number of benzene rings is 1. The Morgan fingerprint density at radius 2 is 2.33 bits per heavy atom. The second-order valence-corrected chi connectivity index (χ2v) is 5.33. The SMILES string of the molecule is COc1ccc(Cl)cc1CC(CN)c1nccs1. The molecule has 0 radical (unpaired) electrons. The average Bonchev–Trinajstić information content (AvgIpc) is 2.90. The zero-order chi connectivity index (χ0) is 13.0. The van der Waals surface area contributed by atoms with Crippen molar-refractivity contribution in [1.29, 1.82) is 0 Å². The van der Waals surface area contributed by atoms with Crippen molar-refractivity contribution in [2.75, 3.05) is 13.7 Å². The van der Waals surface area contributed by atoms with Gasteiger partial charge in [-0.25, -0.2) is 4.98 Å². The number of rotatable bonds is 5. The van der Waals surface area contributed by atoms with Crippen LogP contribution in [0.2, 0.25) is 5.02 Å². The number of nitrogens with zero attached hydrogens (tertiary/aromatic N) is 1. The maximum absolute atomic E-state index is 6.03. The van der Waals surface area contributed by atoms with Crippen LogP contribution in [0.5, 0.6) is 5.75 Å². The molecule has 0 amide bonds. The monoisotopic (exact) mass is 282 g/mol. The lowest BCUT2D eigenvalue weighted by atomic mass is 9.99. The van der Waals surface area contributed by atoms with E-state index in [0.717, 1.165) is 22.7 Å². The highest BCUT2D eigenvalue weighted by Crippen LogP contribution is 2.29. The Labute approximate surface area is 116 Å². The molecule has 1 heterocycles. The van der Waals surface area contributed by atoms with E-state index < -0.39 is 0 Å². The topological polar surface area (TPSA) is 48.1 Å². The molecule has 18 heavy (non-hydrogen) atoms. The summed E-state index contributed by atoms with van der Waals surface area (Å²) in [5.41, 5.74) is 6.90. The Balaban J connectivity index is 2.24. The normalized spacial score (nSPS) is 12.4. The first-order valence-electron chi connectivity index (χ1n) is 5.66. The minimum absolute atomic E-state index is 0.206. The van der Waals surface area contributed by atoms with E-state index in [2.05, 4.69) is 4.98 Å². The number of ether oxygens (including phenoxy) is 1. The molecule has 0 saturated heterocycles. The standard InChI is InChI=1S/C13H15ClN2OS/c1-17-12-3-2-11(14)7-9(12)6-10(8-15)13-16-4-5-18-13/h2-5,7,10H,6,8,15H2,1H3. The Morgan fingerprint density at radius 1 is 1.50 bits per heavy atom. The molecule has 2 N–H and O–H groups in total. The lowest BCUT2D eigenvalue weighted by Gasteiger charge is -2.14. The maximum atomic E-state index is 6.03. The molecule has 0 spiro atoms. The van der Waals surface area contributed by atoms with Crippen LogP contribution in [0.3, 0.4) is 0 Å². The predicted molar refractivity (Wildman–Crippen MR) is 75.6 cm³/mol. The molecule has 1 aromatic carbocycles. The third kappa shape index (κ3) is 3.02. The summed E-state index contributed by atoms with van der Waals surface area (Å²) in [5.74, 6) is 1.05. The highest BCUT2D eigenvalue weighted by Gasteiger charge is 2.16. The second-order valence-electron chi connectivity index (χ2n) is 3.96. The fraction of sp³-hybridized carbons (Fsp3) is 0.308. The Hall–Kier alpha value is -1.10. The van der Waals surface area contributed by atoms with Gasteiger partial charge in [0, 0.05) is 29.1 Å². The van der Waals surface area contributed by atoms with Crippen LogP contribution in [0, 0.1) is 0 Å². The van der Waals surface area contributed by atoms with Crippen molar-refractivity contribution in [3.05, 3.63) is 45.4 Å². The van der Waals surface area contributed by atoms with Crippen LogP contribution in [0.1, 0.15) is 16.5 Å². The molecule has 3 nitrogen and oxygen atoms in total. The van der Waals surface area contributed by atoms with Gasteiger partial charge in [0.2, 0.25) is 0 Å². The molecule has 1 aromatic heterocycles. The van der Waals surface area contributed by atoms with Crippen LogP contribution >= 0.6 is 22.9 Å². The summed E-state index contributed by atoms with van der Waals surface area (Å²) in [7, 11) is 1.66. The zero-order valence-corrected chi connectivity index (χ0v) is 11.7. The van der Waals surface area contributed by atoms with E-state index in [1.165, 1.54) is 0 Å². The van der Waals surface area contributed by atoms with E-state index in [1.807, 2.05) is 23.6 Å². The number of methoxy groups -OCH3 is 1. The van der Waals surface area contributed by atoms with Crippen molar-refractivity contribution < 1.29 is 4.74 Å². The summed E-state index contributed by atoms with van der Waals surface area (Å²) >= 11 is 7.65. The van der Waals surface area contributed by atoms with E-state index in [4.69, 9.17) is 22.1 Å². The third-order valence-electron chi connectivity index (χ3n) is 2.79. The van der Waals surface area contributed by atoms with Gasteiger partial charge in [-0.2, -0.15) is 0 Å². The number of aromatic nitrogens is 1. The van der Waals surface area contributed by atoms with E-state index in [1.54, 1.807) is 24.6 Å². The lowest BCUT2D eigenvalue weighted by Crippen LogP contribution is -2.15. The Kier molecular flexibility index (Phi) is 4.58. The van der Waals surface area contributed by atoms with Gasteiger partial charge < -0.3 is 10.5 Å². The quantitative estimate of drug-likeness (QED) is 0.917. The molecular weight excluding hydrogens is 268 g/mol. The summed E-state index contributed by atoms with van der Waals surface area (Å²) in [6, 6.07) is 5.63. The van der Waals surface area contributed by atoms with Crippen molar-refractivity contribution in [3.63, 3.8) is 0 Å². The van der Waals surface area contributed by atoms with Gasteiger partial charge in [0.25, 0.3) is 0 Å². The van der Waals surface area contributed by atoms with Crippen LogP contribution in [-0.4, -0.2) is 18.6 Å². The van der Waals surface area contributed by atoms with Gasteiger partial charge in [-0.1, -0.05) is 11.6 Å². The van der Waals surface area contributed by atoms with Crippen LogP contribution in [0.4, 0.5) is 0 Å². The minimum atomic E-state index is 0.206. The molecule has 0 bridgehead atoms. The molecule has 5 heteroatoms. The van der Waals surface area contributed by atoms with Crippen molar-refractivity contribution in [3.8, 4) is 5.75 Å². The highest BCUT2D eigenvalue weighted by molar-refractivity contribution is 7.09. The zero-order valence-electron chi connectivity index (χ0n) is 10.1. The van der Waals surface area contributed by atoms with Gasteiger partial charge in [-0.3, -0.25) is 0 Å². The van der Waals surface area contributed by atoms with Gasteiger partial charge in [-0.15, -0.1) is 11.3 Å². The van der Waals surface area contributed by atoms with Gasteiger partial charge in [-0.05, 0) is 30.2 Å². The van der Waals surface area contributed by atoms with E-state index in [9.17, 15) is 0 Å². The predicted octanol–water partition coefficient (Wildman–Crippen LogP) is 3.09. The first-order valence-corrected chi connectivity index (χ1v) is 6.92. The third-order valence-corrected chi connectivity index (χ3v) is 3.97. The van der Waals surface area contributed by atoms with Crippen molar-refractivity contribution in [2.24, 2.45) is 5.73 Å². The lowest BCUT2D eigenvalue weighted by molar-refractivity contribution is 0.408. The molecule has 0 fully saturated rings. The fourth-order valence-electron chi connectivity index (χ4n) is 1.88. The summed E-state index contributed by atoms with van der Waals surface area (Å²) in [6.45, 7) is 0.559. The number of nitrogens with two attached hydrogens (primary N) is 1. The van der Waals surface area contributed by atoms with E-state index in [0.29, 0.717) is 11.6 Å². The minimum Gasteiger partial charge on any atom is -0.496 e. The maximum Gasteiger partial charge on any atom is 0.122 e. The molecule has 2 aromatic rings. The van der Waals surface area contributed by atoms with Gasteiger partial charge in [0.05, 0.1) is 12.1 Å². The summed E-state index contributed by atoms with van der Waals surface area (Å²) < 4.78 is 5.35. The fourth-order valence-corrected chi connectivity index (χ4v) is 2.83.